The van der Waals surface area contributed by atoms with Gasteiger partial charge in [-0.05, 0) is 63.4 Å². The summed E-state index contributed by atoms with van der Waals surface area (Å²) in [7, 11) is 1.36. The van der Waals surface area contributed by atoms with E-state index >= 15 is 0 Å². The van der Waals surface area contributed by atoms with Crippen molar-refractivity contribution in [2.45, 2.75) is 44.7 Å². The first-order valence-corrected chi connectivity index (χ1v) is 9.20. The fraction of sp³-hybridized carbons (Fsp3) is 0.526. The number of rotatable bonds is 4. The van der Waals surface area contributed by atoms with E-state index in [0.717, 1.165) is 49.9 Å². The molecule has 7 nitrogen and oxygen atoms in total. The number of piperidine rings is 1. The maximum Gasteiger partial charge on any atom is 0.337 e. The third-order valence-electron chi connectivity index (χ3n) is 5.28. The number of amides is 1. The Hall–Kier alpha value is -2.41. The minimum atomic E-state index is -0.396. The van der Waals surface area contributed by atoms with Gasteiger partial charge in [-0.3, -0.25) is 4.79 Å². The number of nitrogens with zero attached hydrogens (tertiary/aromatic N) is 2. The van der Waals surface area contributed by atoms with Crippen LogP contribution in [0.15, 0.2) is 12.1 Å². The molecular formula is C19H24N4O3. The van der Waals surface area contributed by atoms with Gasteiger partial charge < -0.3 is 19.9 Å². The maximum atomic E-state index is 13.2. The largest absolute Gasteiger partial charge is 0.465 e. The van der Waals surface area contributed by atoms with E-state index in [2.05, 4.69) is 15.3 Å². The Kier molecular flexibility index (Phi) is 4.40. The lowest BCUT2D eigenvalue weighted by Crippen LogP contribution is -2.47. The molecule has 1 aliphatic heterocycles. The molecule has 2 heterocycles. The third-order valence-corrected chi connectivity index (χ3v) is 5.28. The van der Waals surface area contributed by atoms with E-state index in [-0.39, 0.29) is 11.9 Å². The highest BCUT2D eigenvalue weighted by Crippen LogP contribution is 2.32. The number of aromatic nitrogens is 2. The van der Waals surface area contributed by atoms with Crippen molar-refractivity contribution in [2.24, 2.45) is 0 Å². The summed E-state index contributed by atoms with van der Waals surface area (Å²) in [6.07, 6.45) is 4.10. The van der Waals surface area contributed by atoms with Crippen LogP contribution in [0.3, 0.4) is 0 Å². The van der Waals surface area contributed by atoms with Crippen LogP contribution in [0.1, 0.15) is 52.2 Å². The smallest absolute Gasteiger partial charge is 0.337 e. The predicted octanol–water partition coefficient (Wildman–Crippen LogP) is 2.01. The predicted molar refractivity (Wildman–Crippen MR) is 97.3 cm³/mol. The van der Waals surface area contributed by atoms with Gasteiger partial charge in [-0.1, -0.05) is 0 Å². The molecule has 0 radical (unpaired) electrons. The fourth-order valence-corrected chi connectivity index (χ4v) is 3.82. The normalized spacial score (nSPS) is 18.1. The SMILES string of the molecule is COC(=O)c1cc(C)c2nc(C(=O)N(C3CCNCC3)C3CC3)[nH]c2c1. The summed E-state index contributed by atoms with van der Waals surface area (Å²) < 4.78 is 4.80. The van der Waals surface area contributed by atoms with Crippen LogP contribution in [0.5, 0.6) is 0 Å². The van der Waals surface area contributed by atoms with E-state index in [1.807, 2.05) is 11.8 Å². The summed E-state index contributed by atoms with van der Waals surface area (Å²) in [5, 5.41) is 3.35. The molecule has 1 amide bonds. The van der Waals surface area contributed by atoms with Gasteiger partial charge in [-0.15, -0.1) is 0 Å². The first kappa shape index (κ1) is 17.0. The van der Waals surface area contributed by atoms with E-state index in [9.17, 15) is 9.59 Å². The van der Waals surface area contributed by atoms with Crippen LogP contribution in [-0.2, 0) is 4.74 Å². The molecular weight excluding hydrogens is 332 g/mol. The number of hydrogen-bond donors (Lipinski definition) is 2. The van der Waals surface area contributed by atoms with Gasteiger partial charge in [-0.2, -0.15) is 0 Å². The molecule has 138 valence electrons. The first-order valence-electron chi connectivity index (χ1n) is 9.20. The van der Waals surface area contributed by atoms with Crippen molar-refractivity contribution in [1.29, 1.82) is 0 Å². The quantitative estimate of drug-likeness (QED) is 0.819. The standard InChI is InChI=1S/C19H24N4O3/c1-11-9-12(19(25)26-2)10-15-16(11)22-17(21-15)18(24)23(13-3-4-13)14-5-7-20-8-6-14/h9-10,13-14,20H,3-8H2,1-2H3,(H,21,22). The third kappa shape index (κ3) is 3.07. The number of esters is 1. The Balaban J connectivity index is 1.67. The summed E-state index contributed by atoms with van der Waals surface area (Å²) >= 11 is 0. The van der Waals surface area contributed by atoms with Crippen molar-refractivity contribution >= 4 is 22.9 Å². The van der Waals surface area contributed by atoms with Crippen molar-refractivity contribution in [2.75, 3.05) is 20.2 Å². The lowest BCUT2D eigenvalue weighted by Gasteiger charge is -2.34. The van der Waals surface area contributed by atoms with Gasteiger partial charge in [0.05, 0.1) is 23.7 Å². The minimum Gasteiger partial charge on any atom is -0.465 e. The monoisotopic (exact) mass is 356 g/mol. The van der Waals surface area contributed by atoms with Gasteiger partial charge >= 0.3 is 5.97 Å². The van der Waals surface area contributed by atoms with Crippen LogP contribution in [0.25, 0.3) is 11.0 Å². The molecule has 2 aliphatic rings. The Bertz CT molecular complexity index is 850. The average Bonchev–Trinajstić information content (AvgIpc) is 3.38. The van der Waals surface area contributed by atoms with Gasteiger partial charge in [-0.25, -0.2) is 9.78 Å². The van der Waals surface area contributed by atoms with Crippen LogP contribution >= 0.6 is 0 Å². The van der Waals surface area contributed by atoms with Crippen molar-refractivity contribution < 1.29 is 14.3 Å². The number of hydrogen-bond acceptors (Lipinski definition) is 5. The molecule has 1 aromatic carbocycles. The molecule has 1 saturated carbocycles. The number of aryl methyl sites for hydroxylation is 1. The highest BCUT2D eigenvalue weighted by atomic mass is 16.5. The van der Waals surface area contributed by atoms with Crippen LogP contribution in [0.2, 0.25) is 0 Å². The summed E-state index contributed by atoms with van der Waals surface area (Å²) in [5.41, 5.74) is 2.72. The molecule has 7 heteroatoms. The van der Waals surface area contributed by atoms with Gasteiger partial charge in [0.15, 0.2) is 5.82 Å². The summed E-state index contributed by atoms with van der Waals surface area (Å²) in [4.78, 5) is 34.7. The molecule has 26 heavy (non-hydrogen) atoms. The van der Waals surface area contributed by atoms with Gasteiger partial charge in [0, 0.05) is 12.1 Å². The van der Waals surface area contributed by atoms with Gasteiger partial charge in [0.25, 0.3) is 5.91 Å². The van der Waals surface area contributed by atoms with Gasteiger partial charge in [0.2, 0.25) is 0 Å². The second-order valence-corrected chi connectivity index (χ2v) is 7.19. The number of methoxy groups -OCH3 is 1. The second kappa shape index (κ2) is 6.72. The zero-order valence-corrected chi connectivity index (χ0v) is 15.2. The lowest BCUT2D eigenvalue weighted by atomic mass is 10.0. The maximum absolute atomic E-state index is 13.2. The number of nitrogens with one attached hydrogen (secondary N) is 2. The van der Waals surface area contributed by atoms with Crippen LogP contribution in [-0.4, -0.2) is 59.0 Å². The topological polar surface area (TPSA) is 87.3 Å². The summed E-state index contributed by atoms with van der Waals surface area (Å²) in [6.45, 7) is 3.78. The number of imidazole rings is 1. The second-order valence-electron chi connectivity index (χ2n) is 7.19. The highest BCUT2D eigenvalue weighted by molar-refractivity contribution is 5.98. The Morgan fingerprint density at radius 2 is 1.85 bits per heavy atom. The summed E-state index contributed by atoms with van der Waals surface area (Å²) in [5.74, 6) is -0.0723. The van der Waals surface area contributed by atoms with Gasteiger partial charge in [0.1, 0.15) is 0 Å². The number of aromatic amines is 1. The number of carbonyl (C=O) groups is 2. The van der Waals surface area contributed by atoms with E-state index in [4.69, 9.17) is 4.74 Å². The zero-order valence-electron chi connectivity index (χ0n) is 15.2. The van der Waals surface area contributed by atoms with Crippen molar-refractivity contribution in [3.05, 3.63) is 29.1 Å². The lowest BCUT2D eigenvalue weighted by molar-refractivity contribution is 0.0596. The molecule has 0 bridgehead atoms. The average molecular weight is 356 g/mol. The van der Waals surface area contributed by atoms with E-state index < -0.39 is 5.97 Å². The van der Waals surface area contributed by atoms with Crippen LogP contribution < -0.4 is 5.32 Å². The van der Waals surface area contributed by atoms with E-state index in [1.165, 1.54) is 7.11 Å². The highest BCUT2D eigenvalue weighted by Gasteiger charge is 2.39. The molecule has 4 rings (SSSR count). The zero-order chi connectivity index (χ0) is 18.3. The fourth-order valence-electron chi connectivity index (χ4n) is 3.82. The molecule has 2 fully saturated rings. The van der Waals surface area contributed by atoms with Crippen molar-refractivity contribution in [3.8, 4) is 0 Å². The number of carbonyl (C=O) groups excluding carboxylic acids is 2. The van der Waals surface area contributed by atoms with E-state index in [0.29, 0.717) is 22.9 Å². The number of benzene rings is 1. The Morgan fingerprint density at radius 3 is 2.50 bits per heavy atom. The molecule has 1 saturated heterocycles. The van der Waals surface area contributed by atoms with Crippen LogP contribution in [0, 0.1) is 6.92 Å². The van der Waals surface area contributed by atoms with E-state index in [1.54, 1.807) is 12.1 Å². The number of ether oxygens (including phenoxy) is 1. The first-order chi connectivity index (χ1) is 12.6. The molecule has 1 aliphatic carbocycles. The molecule has 1 aromatic heterocycles. The molecule has 2 aromatic rings. The Morgan fingerprint density at radius 1 is 1.15 bits per heavy atom. The summed E-state index contributed by atoms with van der Waals surface area (Å²) in [6, 6.07) is 4.06. The van der Waals surface area contributed by atoms with Crippen molar-refractivity contribution in [3.63, 3.8) is 0 Å². The molecule has 0 unspecified atom stereocenters. The molecule has 2 N–H and O–H groups in total. The van der Waals surface area contributed by atoms with Crippen molar-refractivity contribution in [1.82, 2.24) is 20.2 Å². The minimum absolute atomic E-state index is 0.0328. The number of fused-ring (bicyclic) bond motifs is 1. The molecule has 0 spiro atoms. The van der Waals surface area contributed by atoms with Crippen LogP contribution in [0.4, 0.5) is 0 Å². The molecule has 0 atom stereocenters. The Labute approximate surface area is 152 Å². The number of H-pyrrole nitrogens is 1.